The van der Waals surface area contributed by atoms with Gasteiger partial charge in [-0.25, -0.2) is 12.8 Å². The van der Waals surface area contributed by atoms with Crippen molar-refractivity contribution in [2.75, 3.05) is 10.0 Å². The number of carbonyl (C=O) groups excluding carboxylic acids is 1. The average Bonchev–Trinajstić information content (AvgIpc) is 2.65. The second-order valence-electron chi connectivity index (χ2n) is 5.69. The monoisotopic (exact) mass is 438 g/mol. The van der Waals surface area contributed by atoms with Crippen LogP contribution in [0.5, 0.6) is 0 Å². The lowest BCUT2D eigenvalue weighted by molar-refractivity contribution is 0.102. The Morgan fingerprint density at radius 3 is 2.25 bits per heavy atom. The summed E-state index contributed by atoms with van der Waals surface area (Å²) in [6.45, 7) is 0. The van der Waals surface area contributed by atoms with E-state index in [9.17, 15) is 17.6 Å². The fourth-order valence-electron chi connectivity index (χ4n) is 2.33. The second-order valence-corrected chi connectivity index (χ2v) is 8.18. The van der Waals surface area contributed by atoms with E-state index in [2.05, 4.69) is 10.0 Å². The molecular weight excluding hydrogens is 426 g/mol. The van der Waals surface area contributed by atoms with E-state index in [1.807, 2.05) is 0 Å². The molecule has 0 unspecified atom stereocenters. The first-order valence-electron chi connectivity index (χ1n) is 7.90. The van der Waals surface area contributed by atoms with Crippen LogP contribution in [0, 0.1) is 5.82 Å². The molecular formula is C19H13Cl2FN2O3S. The standard InChI is InChI=1S/C19H13Cl2FN2O3S/c20-16-10-9-14(28(26,27)24-13-7-5-12(22)6-8-13)11-15(16)19(25)23-18-4-2-1-3-17(18)21/h1-11,24H,(H,23,25). The minimum atomic E-state index is -4.02. The Bertz CT molecular complexity index is 1140. The number of para-hydroxylation sites is 1. The number of nitrogens with one attached hydrogen (secondary N) is 2. The smallest absolute Gasteiger partial charge is 0.261 e. The van der Waals surface area contributed by atoms with Crippen molar-refractivity contribution in [1.82, 2.24) is 0 Å². The second kappa shape index (κ2) is 8.18. The summed E-state index contributed by atoms with van der Waals surface area (Å²) in [5, 5.41) is 2.99. The van der Waals surface area contributed by atoms with Gasteiger partial charge in [0.1, 0.15) is 5.82 Å². The molecule has 0 aliphatic heterocycles. The predicted molar refractivity (Wildman–Crippen MR) is 108 cm³/mol. The molecule has 0 aliphatic rings. The van der Waals surface area contributed by atoms with Crippen molar-refractivity contribution in [3.63, 3.8) is 0 Å². The third kappa shape index (κ3) is 4.62. The van der Waals surface area contributed by atoms with Crippen LogP contribution in [0.1, 0.15) is 10.4 Å². The van der Waals surface area contributed by atoms with Crippen LogP contribution in [0.25, 0.3) is 0 Å². The largest absolute Gasteiger partial charge is 0.321 e. The zero-order valence-corrected chi connectivity index (χ0v) is 16.4. The highest BCUT2D eigenvalue weighted by Crippen LogP contribution is 2.26. The molecule has 3 aromatic carbocycles. The van der Waals surface area contributed by atoms with Crippen LogP contribution in [0.15, 0.2) is 71.6 Å². The number of rotatable bonds is 5. The van der Waals surface area contributed by atoms with Gasteiger partial charge in [0.2, 0.25) is 0 Å². The van der Waals surface area contributed by atoms with Gasteiger partial charge in [0.05, 0.1) is 26.2 Å². The van der Waals surface area contributed by atoms with Gasteiger partial charge in [0.15, 0.2) is 0 Å². The Morgan fingerprint density at radius 2 is 1.57 bits per heavy atom. The zero-order valence-electron chi connectivity index (χ0n) is 14.1. The number of amides is 1. The molecule has 0 aliphatic carbocycles. The van der Waals surface area contributed by atoms with Crippen LogP contribution in [-0.2, 0) is 10.0 Å². The summed E-state index contributed by atoms with van der Waals surface area (Å²) in [4.78, 5) is 12.4. The summed E-state index contributed by atoms with van der Waals surface area (Å²) in [6, 6.07) is 15.2. The molecule has 1 amide bonds. The van der Waals surface area contributed by atoms with E-state index in [0.717, 1.165) is 18.2 Å². The molecule has 0 aromatic heterocycles. The Balaban J connectivity index is 1.89. The molecule has 0 fully saturated rings. The lowest BCUT2D eigenvalue weighted by Gasteiger charge is -2.12. The highest BCUT2D eigenvalue weighted by atomic mass is 35.5. The lowest BCUT2D eigenvalue weighted by atomic mass is 10.2. The van der Waals surface area contributed by atoms with Crippen molar-refractivity contribution in [2.45, 2.75) is 4.90 Å². The molecule has 28 heavy (non-hydrogen) atoms. The lowest BCUT2D eigenvalue weighted by Crippen LogP contribution is -2.16. The van der Waals surface area contributed by atoms with E-state index in [4.69, 9.17) is 23.2 Å². The number of carbonyl (C=O) groups is 1. The Morgan fingerprint density at radius 1 is 0.893 bits per heavy atom. The maximum absolute atomic E-state index is 13.0. The fraction of sp³-hybridized carbons (Fsp3) is 0. The molecule has 0 spiro atoms. The van der Waals surface area contributed by atoms with Gasteiger partial charge in [-0.2, -0.15) is 0 Å². The molecule has 3 rings (SSSR count). The number of sulfonamides is 1. The van der Waals surface area contributed by atoms with Crippen molar-refractivity contribution in [2.24, 2.45) is 0 Å². The van der Waals surface area contributed by atoms with Crippen LogP contribution >= 0.6 is 23.2 Å². The molecule has 0 saturated heterocycles. The van der Waals surface area contributed by atoms with Crippen molar-refractivity contribution < 1.29 is 17.6 Å². The molecule has 0 bridgehead atoms. The van der Waals surface area contributed by atoms with E-state index < -0.39 is 21.7 Å². The summed E-state index contributed by atoms with van der Waals surface area (Å²) in [5.74, 6) is -1.11. The van der Waals surface area contributed by atoms with E-state index in [-0.39, 0.29) is 21.2 Å². The molecule has 0 atom stereocenters. The molecule has 5 nitrogen and oxygen atoms in total. The number of anilines is 2. The van der Waals surface area contributed by atoms with E-state index in [0.29, 0.717) is 10.7 Å². The van der Waals surface area contributed by atoms with Crippen molar-refractivity contribution in [3.8, 4) is 0 Å². The van der Waals surface area contributed by atoms with Crippen molar-refractivity contribution in [1.29, 1.82) is 0 Å². The maximum atomic E-state index is 13.0. The molecule has 2 N–H and O–H groups in total. The van der Waals surface area contributed by atoms with Gasteiger partial charge in [-0.05, 0) is 54.6 Å². The highest BCUT2D eigenvalue weighted by molar-refractivity contribution is 7.92. The van der Waals surface area contributed by atoms with Crippen LogP contribution in [0.2, 0.25) is 10.0 Å². The number of benzene rings is 3. The minimum Gasteiger partial charge on any atom is -0.321 e. The summed E-state index contributed by atoms with van der Waals surface area (Å²) in [7, 11) is -4.02. The van der Waals surface area contributed by atoms with Gasteiger partial charge in [-0.3, -0.25) is 9.52 Å². The topological polar surface area (TPSA) is 75.3 Å². The quantitative estimate of drug-likeness (QED) is 0.575. The van der Waals surface area contributed by atoms with E-state index >= 15 is 0 Å². The van der Waals surface area contributed by atoms with Crippen molar-refractivity contribution in [3.05, 3.63) is 88.2 Å². The molecule has 0 saturated carbocycles. The van der Waals surface area contributed by atoms with E-state index in [1.54, 1.807) is 24.3 Å². The first kappa shape index (κ1) is 20.1. The summed E-state index contributed by atoms with van der Waals surface area (Å²) >= 11 is 12.1. The minimum absolute atomic E-state index is 0.0384. The third-order valence-corrected chi connectivity index (χ3v) is 5.75. The SMILES string of the molecule is O=C(Nc1ccccc1Cl)c1cc(S(=O)(=O)Nc2ccc(F)cc2)ccc1Cl. The van der Waals surface area contributed by atoms with Crippen LogP contribution in [0.3, 0.4) is 0 Å². The van der Waals surface area contributed by atoms with Gasteiger partial charge in [-0.1, -0.05) is 35.3 Å². The molecule has 0 heterocycles. The first-order chi connectivity index (χ1) is 13.3. The van der Waals surface area contributed by atoms with Crippen molar-refractivity contribution >= 4 is 50.5 Å². The van der Waals surface area contributed by atoms with Gasteiger partial charge in [-0.15, -0.1) is 0 Å². The first-order valence-corrected chi connectivity index (χ1v) is 10.1. The number of halogens is 3. The zero-order chi connectivity index (χ0) is 20.3. The maximum Gasteiger partial charge on any atom is 0.261 e. The van der Waals surface area contributed by atoms with Gasteiger partial charge in [0.25, 0.3) is 15.9 Å². The van der Waals surface area contributed by atoms with Crippen LogP contribution in [-0.4, -0.2) is 14.3 Å². The number of hydrogen-bond donors (Lipinski definition) is 2. The van der Waals surface area contributed by atoms with Gasteiger partial charge >= 0.3 is 0 Å². The molecule has 3 aromatic rings. The fourth-order valence-corrected chi connectivity index (χ4v) is 3.80. The Labute approximate surface area is 171 Å². The Hall–Kier alpha value is -2.61. The summed E-state index contributed by atoms with van der Waals surface area (Å²) in [6.07, 6.45) is 0. The summed E-state index contributed by atoms with van der Waals surface area (Å²) < 4.78 is 40.5. The number of hydrogen-bond acceptors (Lipinski definition) is 3. The highest BCUT2D eigenvalue weighted by Gasteiger charge is 2.19. The Kier molecular flexibility index (Phi) is 5.88. The molecule has 0 radical (unpaired) electrons. The van der Waals surface area contributed by atoms with Gasteiger partial charge < -0.3 is 5.32 Å². The predicted octanol–water partition coefficient (Wildman–Crippen LogP) is 5.19. The molecule has 9 heteroatoms. The molecule has 144 valence electrons. The third-order valence-electron chi connectivity index (χ3n) is 3.71. The van der Waals surface area contributed by atoms with E-state index in [1.165, 1.54) is 24.3 Å². The van der Waals surface area contributed by atoms with Gasteiger partial charge in [0, 0.05) is 5.69 Å². The normalized spacial score (nSPS) is 11.1. The summed E-state index contributed by atoms with van der Waals surface area (Å²) in [5.41, 5.74) is 0.505. The van der Waals surface area contributed by atoms with Crippen LogP contribution in [0.4, 0.5) is 15.8 Å². The average molecular weight is 439 g/mol. The van der Waals surface area contributed by atoms with Crippen LogP contribution < -0.4 is 10.0 Å².